The zero-order chi connectivity index (χ0) is 12.3. The standard InChI is InChI=1S/C11H20O3.In.H/c1-10(2,3)8(12)7-9(13)11(4,5)14-6;;/h7,13H,1-6H3;;/q;+1;/p-1. The Balaban J connectivity index is 5.00. The summed E-state index contributed by atoms with van der Waals surface area (Å²) in [5.74, 6) is 0.681. The normalized spacial score (nSPS) is 13.9. The first-order chi connectivity index (χ1) is 6.65. The molecule has 0 aromatic rings. The molecule has 15 heavy (non-hydrogen) atoms. The van der Waals surface area contributed by atoms with Crippen molar-refractivity contribution in [2.45, 2.75) is 40.2 Å². The van der Waals surface area contributed by atoms with E-state index in [1.807, 2.05) is 34.6 Å². The number of carbonyl (C=O) groups is 1. The fraction of sp³-hybridized carbons (Fsp3) is 0.727. The van der Waals surface area contributed by atoms with Gasteiger partial charge in [0.1, 0.15) is 0 Å². The van der Waals surface area contributed by atoms with Gasteiger partial charge in [-0.25, -0.2) is 0 Å². The monoisotopic (exact) mass is 315 g/mol. The van der Waals surface area contributed by atoms with Gasteiger partial charge < -0.3 is 0 Å². The van der Waals surface area contributed by atoms with Gasteiger partial charge >= 0.3 is 108 Å². The third-order valence-corrected chi connectivity index (χ3v) is 3.15. The third kappa shape index (κ3) is 4.60. The van der Waals surface area contributed by atoms with Crippen molar-refractivity contribution in [3.8, 4) is 0 Å². The third-order valence-electron chi connectivity index (χ3n) is 2.26. The maximum absolute atomic E-state index is 11.8. The molecule has 0 bridgehead atoms. The predicted octanol–water partition coefficient (Wildman–Crippen LogP) is 1.74. The van der Waals surface area contributed by atoms with Gasteiger partial charge in [-0.15, -0.1) is 0 Å². The van der Waals surface area contributed by atoms with Crippen LogP contribution >= 0.6 is 0 Å². The van der Waals surface area contributed by atoms with Gasteiger partial charge in [-0.1, -0.05) is 0 Å². The molecular formula is C11H20InO3. The van der Waals surface area contributed by atoms with E-state index in [9.17, 15) is 4.79 Å². The van der Waals surface area contributed by atoms with Crippen LogP contribution in [0.15, 0.2) is 11.8 Å². The zero-order valence-corrected chi connectivity index (χ0v) is 14.5. The Morgan fingerprint density at radius 1 is 1.20 bits per heavy atom. The van der Waals surface area contributed by atoms with Crippen molar-refractivity contribution in [1.29, 1.82) is 0 Å². The SMILES string of the molecule is COC(C)(C)C(=CC(=O)C(C)(C)C)[O][InH]. The Hall–Kier alpha value is 0.0401. The summed E-state index contributed by atoms with van der Waals surface area (Å²) < 4.78 is 10.6. The number of methoxy groups -OCH3 is 1. The van der Waals surface area contributed by atoms with Gasteiger partial charge in [0.2, 0.25) is 0 Å². The van der Waals surface area contributed by atoms with Crippen LogP contribution in [-0.4, -0.2) is 43.3 Å². The van der Waals surface area contributed by atoms with Crippen molar-refractivity contribution in [3.05, 3.63) is 11.8 Å². The van der Waals surface area contributed by atoms with Gasteiger partial charge in [-0.3, -0.25) is 0 Å². The van der Waals surface area contributed by atoms with Crippen LogP contribution in [0.3, 0.4) is 0 Å². The molecule has 0 rings (SSSR count). The second kappa shape index (κ2) is 5.39. The maximum atomic E-state index is 11.8. The Morgan fingerprint density at radius 2 is 1.67 bits per heavy atom. The Bertz CT molecular complexity index is 261. The van der Waals surface area contributed by atoms with Gasteiger partial charge in [-0.05, 0) is 0 Å². The summed E-state index contributed by atoms with van der Waals surface area (Å²) in [6.45, 7) is 9.44. The molecule has 0 saturated heterocycles. The summed E-state index contributed by atoms with van der Waals surface area (Å²) in [5.41, 5.74) is -0.908. The van der Waals surface area contributed by atoms with E-state index in [2.05, 4.69) is 0 Å². The van der Waals surface area contributed by atoms with Crippen molar-refractivity contribution >= 4 is 30.6 Å². The van der Waals surface area contributed by atoms with Crippen LogP contribution in [0, 0.1) is 5.41 Å². The fourth-order valence-electron chi connectivity index (χ4n) is 0.825. The van der Waals surface area contributed by atoms with E-state index >= 15 is 0 Å². The van der Waals surface area contributed by atoms with Gasteiger partial charge in [0, 0.05) is 0 Å². The van der Waals surface area contributed by atoms with Gasteiger partial charge in [0.15, 0.2) is 0 Å². The summed E-state index contributed by atoms with van der Waals surface area (Å²) in [4.78, 5) is 11.8. The molecule has 0 N–H and O–H groups in total. The van der Waals surface area contributed by atoms with Crippen LogP contribution < -0.4 is 0 Å². The molecule has 0 aliphatic heterocycles. The molecule has 0 atom stereocenters. The van der Waals surface area contributed by atoms with E-state index in [-0.39, 0.29) is 11.2 Å². The van der Waals surface area contributed by atoms with Crippen LogP contribution in [0.2, 0.25) is 0 Å². The minimum atomic E-state index is -0.531. The van der Waals surface area contributed by atoms with E-state index in [1.54, 1.807) is 13.2 Å². The van der Waals surface area contributed by atoms with Gasteiger partial charge in [0.25, 0.3) is 0 Å². The average molecular weight is 315 g/mol. The first kappa shape index (κ1) is 15.0. The molecule has 0 aliphatic rings. The topological polar surface area (TPSA) is 35.5 Å². The van der Waals surface area contributed by atoms with Crippen molar-refractivity contribution in [3.63, 3.8) is 0 Å². The van der Waals surface area contributed by atoms with E-state index in [0.717, 1.165) is 0 Å². The molecule has 0 aliphatic carbocycles. The second-order valence-corrected chi connectivity index (χ2v) is 5.81. The molecule has 0 spiro atoms. The fourth-order valence-corrected chi connectivity index (χ4v) is 2.06. The molecule has 0 saturated carbocycles. The minimum absolute atomic E-state index is 0.0591. The number of allylic oxidation sites excluding steroid dienone is 1. The first-order valence-electron chi connectivity index (χ1n) is 4.89. The summed E-state index contributed by atoms with van der Waals surface area (Å²) in [7, 11) is 1.61. The average Bonchev–Trinajstić information content (AvgIpc) is 2.11. The molecule has 3 nitrogen and oxygen atoms in total. The Kier molecular flexibility index (Phi) is 5.41. The molecule has 4 heteroatoms. The predicted molar refractivity (Wildman–Crippen MR) is 61.9 cm³/mol. The van der Waals surface area contributed by atoms with Crippen molar-refractivity contribution in [2.24, 2.45) is 5.41 Å². The van der Waals surface area contributed by atoms with Crippen molar-refractivity contribution in [1.82, 2.24) is 0 Å². The van der Waals surface area contributed by atoms with Crippen molar-refractivity contribution in [2.75, 3.05) is 7.11 Å². The van der Waals surface area contributed by atoms with Gasteiger partial charge in [0.05, 0.1) is 0 Å². The Morgan fingerprint density at radius 3 is 1.93 bits per heavy atom. The quantitative estimate of drug-likeness (QED) is 0.586. The molecule has 0 amide bonds. The van der Waals surface area contributed by atoms with Crippen LogP contribution in [0.1, 0.15) is 34.6 Å². The molecule has 1 radical (unpaired) electrons. The summed E-state index contributed by atoms with van der Waals surface area (Å²) in [6, 6.07) is 0. The van der Waals surface area contributed by atoms with Gasteiger partial charge in [-0.2, -0.15) is 0 Å². The van der Waals surface area contributed by atoms with Crippen LogP contribution in [0.25, 0.3) is 0 Å². The molecular weight excluding hydrogens is 295 g/mol. The summed E-state index contributed by atoms with van der Waals surface area (Å²) in [5, 5.41) is 0. The molecule has 85 valence electrons. The number of ketones is 1. The zero-order valence-electron chi connectivity index (χ0n) is 10.5. The number of hydrogen-bond acceptors (Lipinski definition) is 3. The van der Waals surface area contributed by atoms with E-state index in [1.165, 1.54) is 0 Å². The van der Waals surface area contributed by atoms with E-state index in [4.69, 9.17) is 7.59 Å². The number of hydrogen-bond donors (Lipinski definition) is 0. The molecule has 0 heterocycles. The second-order valence-electron chi connectivity index (χ2n) is 4.98. The first-order valence-corrected chi connectivity index (χ1v) is 6.53. The van der Waals surface area contributed by atoms with E-state index in [0.29, 0.717) is 30.6 Å². The van der Waals surface area contributed by atoms with Crippen LogP contribution in [0.5, 0.6) is 0 Å². The number of rotatable bonds is 4. The number of ether oxygens (including phenoxy) is 1. The molecule has 0 aromatic heterocycles. The summed E-state index contributed by atoms with van der Waals surface area (Å²) in [6.07, 6.45) is 1.56. The molecule has 0 fully saturated rings. The van der Waals surface area contributed by atoms with Crippen LogP contribution in [-0.2, 0) is 12.4 Å². The Labute approximate surface area is 107 Å². The summed E-state index contributed by atoms with van der Waals surface area (Å²) >= 11 is 0.327. The van der Waals surface area contributed by atoms with Crippen LogP contribution in [0.4, 0.5) is 0 Å². The molecule has 0 aromatic carbocycles. The van der Waals surface area contributed by atoms with Crippen molar-refractivity contribution < 1.29 is 12.4 Å². The molecule has 0 unspecified atom stereocenters. The number of carbonyl (C=O) groups excluding carboxylic acids is 1. The van der Waals surface area contributed by atoms with E-state index < -0.39 is 5.60 Å².